The highest BCUT2D eigenvalue weighted by molar-refractivity contribution is 5.93. The first-order chi connectivity index (χ1) is 19.6. The Morgan fingerprint density at radius 2 is 2.02 bits per heavy atom. The van der Waals surface area contributed by atoms with Crippen LogP contribution >= 0.6 is 0 Å². The van der Waals surface area contributed by atoms with Crippen molar-refractivity contribution in [2.45, 2.75) is 39.5 Å². The van der Waals surface area contributed by atoms with E-state index in [-0.39, 0.29) is 0 Å². The Morgan fingerprint density at radius 3 is 2.75 bits per heavy atom. The van der Waals surface area contributed by atoms with Crippen LogP contribution in [-0.4, -0.2) is 54.7 Å². The summed E-state index contributed by atoms with van der Waals surface area (Å²) in [7, 11) is 0. The van der Waals surface area contributed by atoms with Gasteiger partial charge < -0.3 is 9.88 Å². The van der Waals surface area contributed by atoms with Crippen LogP contribution in [0, 0.1) is 6.92 Å². The Bertz CT molecular complexity index is 1580. The number of aryl methyl sites for hydroxylation is 1. The molecule has 0 radical (unpaired) electrons. The fourth-order valence-corrected chi connectivity index (χ4v) is 5.29. The lowest BCUT2D eigenvalue weighted by molar-refractivity contribution is 0.334. The van der Waals surface area contributed by atoms with Gasteiger partial charge in [0.15, 0.2) is 5.82 Å². The molecule has 0 amide bonds. The molecule has 0 atom stereocenters. The van der Waals surface area contributed by atoms with Crippen molar-refractivity contribution >= 4 is 22.0 Å². The lowest BCUT2D eigenvalue weighted by atomic mass is 10.0. The quantitative estimate of drug-likeness (QED) is 0.202. The number of likely N-dealkylation sites (tertiary alicyclic amines) is 1. The van der Waals surface area contributed by atoms with Crippen molar-refractivity contribution in [1.29, 1.82) is 0 Å². The molecule has 40 heavy (non-hydrogen) atoms. The van der Waals surface area contributed by atoms with Crippen molar-refractivity contribution < 1.29 is 0 Å². The van der Waals surface area contributed by atoms with E-state index in [2.05, 4.69) is 56.4 Å². The Balaban J connectivity index is 1.43. The van der Waals surface area contributed by atoms with E-state index in [1.54, 1.807) is 12.3 Å². The van der Waals surface area contributed by atoms with Crippen molar-refractivity contribution in [3.05, 3.63) is 109 Å². The average Bonchev–Trinajstić information content (AvgIpc) is 3.74. The molecule has 0 bridgehead atoms. The summed E-state index contributed by atoms with van der Waals surface area (Å²) in [5.74, 6) is 0.695. The highest BCUT2D eigenvalue weighted by atomic mass is 15.1. The van der Waals surface area contributed by atoms with E-state index in [0.717, 1.165) is 69.8 Å². The lowest BCUT2D eigenvalue weighted by Crippen LogP contribution is -2.20. The Hall–Kier alpha value is -4.36. The monoisotopic (exact) mass is 531 g/mol. The van der Waals surface area contributed by atoms with Gasteiger partial charge in [-0.15, -0.1) is 0 Å². The van der Waals surface area contributed by atoms with Gasteiger partial charge in [-0.05, 0) is 88.5 Å². The predicted octanol–water partition coefficient (Wildman–Crippen LogP) is 7.06. The molecule has 5 rings (SSSR count). The number of fused-ring (bicyclic) bond motifs is 1. The SMILES string of the molecule is C=C/C=C(/c1cccnc1)c1nc(-c2n[nH]c3cnc(C(/C=C(\C=C)CCCN4CCCC4)=C/C)cc23)[nH]c1C. The first kappa shape index (κ1) is 27.2. The number of aromatic nitrogens is 6. The van der Waals surface area contributed by atoms with E-state index < -0.39 is 0 Å². The number of hydrogen-bond donors (Lipinski definition) is 2. The number of allylic oxidation sites excluding steroid dienone is 7. The molecule has 5 heterocycles. The van der Waals surface area contributed by atoms with Crippen molar-refractivity contribution in [1.82, 2.24) is 35.0 Å². The minimum absolute atomic E-state index is 0.695. The van der Waals surface area contributed by atoms with Gasteiger partial charge in [0.2, 0.25) is 0 Å². The largest absolute Gasteiger partial charge is 0.340 e. The first-order valence-electron chi connectivity index (χ1n) is 14.0. The van der Waals surface area contributed by atoms with Crippen LogP contribution in [0.1, 0.15) is 55.3 Å². The van der Waals surface area contributed by atoms with Gasteiger partial charge in [-0.25, -0.2) is 4.98 Å². The van der Waals surface area contributed by atoms with E-state index in [9.17, 15) is 0 Å². The number of rotatable bonds is 11. The molecular formula is C33H37N7. The standard InChI is InChI=1S/C33H37N7/c1-5-12-27(26-14-10-15-34-21-26)31-23(4)36-33(37-31)32-28-20-29(35-22-30(28)38-39-32)25(7-3)19-24(6-2)13-11-18-40-16-8-9-17-40/h5-7,10,12,14-15,19-22H,1-2,8-9,11,13,16-18H2,3-4H3,(H,36,37)(H,38,39)/b24-19+,25-7+,27-12-. The molecule has 204 valence electrons. The van der Waals surface area contributed by atoms with Gasteiger partial charge in [0.25, 0.3) is 0 Å². The van der Waals surface area contributed by atoms with Crippen molar-refractivity contribution in [3.8, 4) is 11.5 Å². The van der Waals surface area contributed by atoms with Crippen LogP contribution in [0.3, 0.4) is 0 Å². The molecule has 1 aliphatic rings. The molecule has 0 aliphatic carbocycles. The molecule has 7 nitrogen and oxygen atoms in total. The summed E-state index contributed by atoms with van der Waals surface area (Å²) >= 11 is 0. The summed E-state index contributed by atoms with van der Waals surface area (Å²) in [5, 5.41) is 8.70. The summed E-state index contributed by atoms with van der Waals surface area (Å²) in [6, 6.07) is 6.03. The average molecular weight is 532 g/mol. The Morgan fingerprint density at radius 1 is 1.18 bits per heavy atom. The molecule has 0 spiro atoms. The third-order valence-corrected chi connectivity index (χ3v) is 7.42. The summed E-state index contributed by atoms with van der Waals surface area (Å²) < 4.78 is 0. The number of imidazole rings is 1. The number of pyridine rings is 2. The number of nitrogens with zero attached hydrogens (tertiary/aromatic N) is 5. The minimum Gasteiger partial charge on any atom is -0.340 e. The van der Waals surface area contributed by atoms with Crippen molar-refractivity contribution in [2.24, 2.45) is 0 Å². The zero-order valence-corrected chi connectivity index (χ0v) is 23.5. The molecular weight excluding hydrogens is 494 g/mol. The van der Waals surface area contributed by atoms with Gasteiger partial charge in [0.05, 0.1) is 23.1 Å². The van der Waals surface area contributed by atoms with Crippen LogP contribution in [0.5, 0.6) is 0 Å². The Kier molecular flexibility index (Phi) is 8.62. The second-order valence-electron chi connectivity index (χ2n) is 10.1. The number of hydrogen-bond acceptors (Lipinski definition) is 5. The maximum Gasteiger partial charge on any atom is 0.159 e. The summed E-state index contributed by atoms with van der Waals surface area (Å²) in [6.07, 6.45) is 20.2. The molecule has 0 unspecified atom stereocenters. The van der Waals surface area contributed by atoms with Crippen LogP contribution in [0.25, 0.3) is 33.6 Å². The van der Waals surface area contributed by atoms with E-state index >= 15 is 0 Å². The van der Waals surface area contributed by atoms with Gasteiger partial charge in [0, 0.05) is 34.6 Å². The molecule has 4 aromatic rings. The highest BCUT2D eigenvalue weighted by Crippen LogP contribution is 2.31. The molecule has 7 heteroatoms. The second kappa shape index (κ2) is 12.7. The number of aromatic amines is 2. The molecule has 4 aromatic heterocycles. The van der Waals surface area contributed by atoms with Crippen LogP contribution in [0.15, 0.2) is 85.9 Å². The van der Waals surface area contributed by atoms with Gasteiger partial charge in [-0.1, -0.05) is 43.5 Å². The smallest absolute Gasteiger partial charge is 0.159 e. The molecule has 0 aromatic carbocycles. The fourth-order valence-electron chi connectivity index (χ4n) is 5.29. The maximum absolute atomic E-state index is 4.97. The van der Waals surface area contributed by atoms with Crippen molar-refractivity contribution in [2.75, 3.05) is 19.6 Å². The zero-order valence-electron chi connectivity index (χ0n) is 23.5. The van der Waals surface area contributed by atoms with Crippen LogP contribution in [0.4, 0.5) is 0 Å². The normalized spacial score (nSPS) is 15.2. The lowest BCUT2D eigenvalue weighted by Gasteiger charge is -2.14. The van der Waals surface area contributed by atoms with Gasteiger partial charge in [0.1, 0.15) is 5.69 Å². The molecule has 2 N–H and O–H groups in total. The topological polar surface area (TPSA) is 86.4 Å². The van der Waals surface area contributed by atoms with Gasteiger partial charge >= 0.3 is 0 Å². The summed E-state index contributed by atoms with van der Waals surface area (Å²) in [4.78, 5) is 20.0. The van der Waals surface area contributed by atoms with Gasteiger partial charge in [-0.3, -0.25) is 15.1 Å². The van der Waals surface area contributed by atoms with E-state index in [0.29, 0.717) is 5.82 Å². The fraction of sp³-hybridized carbons (Fsp3) is 0.273. The minimum atomic E-state index is 0.695. The van der Waals surface area contributed by atoms with Crippen LogP contribution in [0.2, 0.25) is 0 Å². The zero-order chi connectivity index (χ0) is 27.9. The van der Waals surface area contributed by atoms with Crippen LogP contribution < -0.4 is 0 Å². The Labute approximate surface area is 236 Å². The van der Waals surface area contributed by atoms with Crippen molar-refractivity contribution in [3.63, 3.8) is 0 Å². The van der Waals surface area contributed by atoms with E-state index in [1.165, 1.54) is 31.5 Å². The number of nitrogens with one attached hydrogen (secondary N) is 2. The number of H-pyrrole nitrogens is 2. The third kappa shape index (κ3) is 5.95. The maximum atomic E-state index is 4.97. The molecule has 1 saturated heterocycles. The molecule has 1 fully saturated rings. The first-order valence-corrected chi connectivity index (χ1v) is 14.0. The summed E-state index contributed by atoms with van der Waals surface area (Å²) in [6.45, 7) is 15.7. The van der Waals surface area contributed by atoms with Crippen LogP contribution in [-0.2, 0) is 0 Å². The third-order valence-electron chi connectivity index (χ3n) is 7.42. The molecule has 1 aliphatic heterocycles. The predicted molar refractivity (Wildman–Crippen MR) is 165 cm³/mol. The highest BCUT2D eigenvalue weighted by Gasteiger charge is 2.18. The molecule has 0 saturated carbocycles. The van der Waals surface area contributed by atoms with E-state index in [1.807, 2.05) is 50.5 Å². The van der Waals surface area contributed by atoms with E-state index in [4.69, 9.17) is 9.97 Å². The van der Waals surface area contributed by atoms with Gasteiger partial charge in [-0.2, -0.15) is 5.10 Å². The second-order valence-corrected chi connectivity index (χ2v) is 10.1. The summed E-state index contributed by atoms with van der Waals surface area (Å²) in [5.41, 5.74) is 8.51.